The Labute approximate surface area is 257 Å². The van der Waals surface area contributed by atoms with Crippen molar-refractivity contribution < 1.29 is 32.5 Å². The van der Waals surface area contributed by atoms with Crippen molar-refractivity contribution >= 4 is 29.5 Å². The quantitative estimate of drug-likeness (QED) is 0.154. The number of carbonyl (C=O) groups is 1. The first-order valence-corrected chi connectivity index (χ1v) is 15.2. The molecular weight excluding hydrogens is 591 g/mol. The van der Waals surface area contributed by atoms with Gasteiger partial charge in [0.05, 0.1) is 22.8 Å². The molecule has 0 saturated carbocycles. The second-order valence-corrected chi connectivity index (χ2v) is 11.6. The Morgan fingerprint density at radius 2 is 2.05 bits per heavy atom. The highest BCUT2D eigenvalue weighted by Crippen LogP contribution is 2.46. The molecular formula is C33H32F3N3O4S. The van der Waals surface area contributed by atoms with Gasteiger partial charge < -0.3 is 24.9 Å². The lowest BCUT2D eigenvalue weighted by Gasteiger charge is -2.36. The molecule has 1 atom stereocenters. The minimum absolute atomic E-state index is 0.0224. The molecule has 7 nitrogen and oxygen atoms in total. The Hall–Kier alpha value is -4.38. The van der Waals surface area contributed by atoms with Crippen molar-refractivity contribution in [3.8, 4) is 28.6 Å². The van der Waals surface area contributed by atoms with E-state index < -0.39 is 28.8 Å². The lowest BCUT2D eigenvalue weighted by Crippen LogP contribution is -2.32. The Morgan fingerprint density at radius 3 is 2.73 bits per heavy atom. The predicted molar refractivity (Wildman–Crippen MR) is 166 cm³/mol. The minimum Gasteiger partial charge on any atom is -0.493 e. The molecule has 0 radical (unpaired) electrons. The molecule has 3 N–H and O–H groups in total. The number of aromatic nitrogens is 2. The zero-order chi connectivity index (χ0) is 31.8. The van der Waals surface area contributed by atoms with Crippen LogP contribution in [0.3, 0.4) is 0 Å². The van der Waals surface area contributed by atoms with Crippen LogP contribution in [-0.2, 0) is 16.6 Å². The molecule has 4 aromatic rings. The maximum Gasteiger partial charge on any atom is 0.303 e. The molecule has 1 aromatic heterocycles. The van der Waals surface area contributed by atoms with Crippen LogP contribution in [0.5, 0.6) is 17.2 Å². The lowest BCUT2D eigenvalue weighted by molar-refractivity contribution is -0.136. The van der Waals surface area contributed by atoms with Gasteiger partial charge in [-0.2, -0.15) is 4.39 Å². The summed E-state index contributed by atoms with van der Waals surface area (Å²) in [6.45, 7) is 8.11. The molecule has 1 aliphatic heterocycles. The summed E-state index contributed by atoms with van der Waals surface area (Å²) in [5.41, 5.74) is 3.20. The summed E-state index contributed by atoms with van der Waals surface area (Å²) in [6.07, 6.45) is 5.68. The number of rotatable bonds is 10. The molecule has 0 spiro atoms. The average molecular weight is 624 g/mol. The van der Waals surface area contributed by atoms with E-state index in [-0.39, 0.29) is 35.0 Å². The number of fused-ring (bicyclic) bond motifs is 1. The van der Waals surface area contributed by atoms with Crippen LogP contribution >= 0.6 is 11.8 Å². The molecule has 5 rings (SSSR count). The number of thioether (sulfide) groups is 1. The fraction of sp³-hybridized carbons (Fsp3) is 0.273. The average Bonchev–Trinajstić information content (AvgIpc) is 3.50. The number of hydrogen-bond acceptors (Lipinski definition) is 6. The molecule has 0 aliphatic carbocycles. The Bertz CT molecular complexity index is 1770. The molecule has 2 heterocycles. The Morgan fingerprint density at radius 1 is 1.27 bits per heavy atom. The van der Waals surface area contributed by atoms with Crippen LogP contribution < -0.4 is 14.8 Å². The summed E-state index contributed by atoms with van der Waals surface area (Å²) in [5, 5.41) is 11.9. The van der Waals surface area contributed by atoms with Crippen molar-refractivity contribution in [3.05, 3.63) is 88.5 Å². The van der Waals surface area contributed by atoms with Crippen LogP contribution in [0.4, 0.5) is 18.9 Å². The van der Waals surface area contributed by atoms with E-state index in [1.807, 2.05) is 26.0 Å². The minimum atomic E-state index is -1.18. The third-order valence-corrected chi connectivity index (χ3v) is 8.75. The SMILES string of the molecule is C=Cc1c(NC)c(F)c(F)c(Oc2ccc(F)c(-c3ncc([C@@]4(C)CCOc5c(CCC(=O)O)cc(C)cc54)[nH]3)c2)c1SC. The van der Waals surface area contributed by atoms with Gasteiger partial charge in [-0.3, -0.25) is 4.79 Å². The van der Waals surface area contributed by atoms with Gasteiger partial charge in [0.15, 0.2) is 11.6 Å². The Balaban J connectivity index is 1.53. The maximum atomic E-state index is 15.2. The second kappa shape index (κ2) is 12.3. The first kappa shape index (κ1) is 31.1. The molecule has 0 amide bonds. The monoisotopic (exact) mass is 623 g/mol. The van der Waals surface area contributed by atoms with Crippen molar-refractivity contribution in [2.24, 2.45) is 0 Å². The normalized spacial score (nSPS) is 15.8. The lowest BCUT2D eigenvalue weighted by atomic mass is 9.74. The van der Waals surface area contributed by atoms with Crippen molar-refractivity contribution in [2.75, 3.05) is 25.2 Å². The summed E-state index contributed by atoms with van der Waals surface area (Å²) in [6, 6.07) is 7.85. The smallest absolute Gasteiger partial charge is 0.303 e. The summed E-state index contributed by atoms with van der Waals surface area (Å²) in [7, 11) is 1.48. The summed E-state index contributed by atoms with van der Waals surface area (Å²) in [5.74, 6) is -3.13. The van der Waals surface area contributed by atoms with E-state index in [0.717, 1.165) is 16.7 Å². The molecule has 0 fully saturated rings. The van der Waals surface area contributed by atoms with Crippen LogP contribution in [0.15, 0.2) is 48.0 Å². The number of nitrogens with one attached hydrogen (secondary N) is 2. The topological polar surface area (TPSA) is 96.5 Å². The van der Waals surface area contributed by atoms with Gasteiger partial charge in [0.1, 0.15) is 23.1 Å². The highest BCUT2D eigenvalue weighted by atomic mass is 32.2. The van der Waals surface area contributed by atoms with Gasteiger partial charge in [0.25, 0.3) is 0 Å². The number of hydrogen-bond donors (Lipinski definition) is 3. The molecule has 1 aliphatic rings. The number of carboxylic acids is 1. The standard InChI is InChI=1S/C33H32F3N3O4S/c1-6-20-28(37-4)26(35)27(36)30(31(20)44-5)43-19-8-9-23(34)21(15-19)32-38-16-24(39-32)33(3)11-12-42-29-18(7-10-25(40)41)13-17(2)14-22(29)33/h6,8-9,13-16,37H,1,7,10-12H2,2-5H3,(H,38,39)(H,40,41)/t33-/m0/s1. The number of aryl methyl sites for hydroxylation is 2. The Kier molecular flexibility index (Phi) is 8.69. The van der Waals surface area contributed by atoms with Gasteiger partial charge in [-0.05, 0) is 56.7 Å². The van der Waals surface area contributed by atoms with E-state index >= 15 is 8.78 Å². The highest BCUT2D eigenvalue weighted by Gasteiger charge is 2.38. The van der Waals surface area contributed by atoms with Crippen LogP contribution in [0.1, 0.15) is 47.7 Å². The first-order valence-electron chi connectivity index (χ1n) is 13.9. The van der Waals surface area contributed by atoms with Gasteiger partial charge in [0.2, 0.25) is 5.82 Å². The summed E-state index contributed by atoms with van der Waals surface area (Å²) < 4.78 is 57.2. The van der Waals surface area contributed by atoms with E-state index in [0.29, 0.717) is 41.4 Å². The number of aromatic amines is 1. The van der Waals surface area contributed by atoms with E-state index in [2.05, 4.69) is 21.9 Å². The number of carboxylic acid groups (broad SMARTS) is 1. The van der Waals surface area contributed by atoms with Crippen molar-refractivity contribution in [2.45, 2.75) is 43.4 Å². The molecule has 3 aromatic carbocycles. The van der Waals surface area contributed by atoms with E-state index in [4.69, 9.17) is 9.47 Å². The van der Waals surface area contributed by atoms with Crippen LogP contribution in [0.25, 0.3) is 17.5 Å². The summed E-state index contributed by atoms with van der Waals surface area (Å²) in [4.78, 5) is 19.3. The van der Waals surface area contributed by atoms with Gasteiger partial charge >= 0.3 is 5.97 Å². The van der Waals surface area contributed by atoms with Crippen molar-refractivity contribution in [1.82, 2.24) is 9.97 Å². The largest absolute Gasteiger partial charge is 0.493 e. The van der Waals surface area contributed by atoms with Gasteiger partial charge in [-0.15, -0.1) is 11.8 Å². The molecule has 230 valence electrons. The summed E-state index contributed by atoms with van der Waals surface area (Å²) >= 11 is 1.17. The molecule has 0 bridgehead atoms. The number of anilines is 1. The van der Waals surface area contributed by atoms with Gasteiger partial charge in [-0.25, -0.2) is 13.8 Å². The fourth-order valence-corrected chi connectivity index (χ4v) is 6.35. The second-order valence-electron chi connectivity index (χ2n) is 10.7. The number of imidazole rings is 1. The zero-order valence-corrected chi connectivity index (χ0v) is 25.6. The zero-order valence-electron chi connectivity index (χ0n) is 24.7. The van der Waals surface area contributed by atoms with E-state index in [1.54, 1.807) is 12.5 Å². The molecule has 11 heteroatoms. The number of halogens is 3. The fourth-order valence-electron chi connectivity index (χ4n) is 5.63. The predicted octanol–water partition coefficient (Wildman–Crippen LogP) is 8.11. The number of ether oxygens (including phenoxy) is 2. The third kappa shape index (κ3) is 5.52. The van der Waals surface area contributed by atoms with Gasteiger partial charge in [-0.1, -0.05) is 30.4 Å². The first-order chi connectivity index (χ1) is 21.0. The highest BCUT2D eigenvalue weighted by molar-refractivity contribution is 7.98. The number of aliphatic carboxylic acids is 1. The molecule has 0 saturated heterocycles. The van der Waals surface area contributed by atoms with Crippen LogP contribution in [0.2, 0.25) is 0 Å². The number of benzene rings is 3. The maximum absolute atomic E-state index is 15.2. The molecule has 44 heavy (non-hydrogen) atoms. The van der Waals surface area contributed by atoms with Gasteiger partial charge in [0, 0.05) is 41.9 Å². The van der Waals surface area contributed by atoms with E-state index in [9.17, 15) is 14.3 Å². The van der Waals surface area contributed by atoms with Crippen LogP contribution in [0, 0.1) is 24.4 Å². The van der Waals surface area contributed by atoms with Crippen LogP contribution in [-0.4, -0.2) is 41.0 Å². The van der Waals surface area contributed by atoms with Crippen molar-refractivity contribution in [3.63, 3.8) is 0 Å². The number of H-pyrrole nitrogens is 1. The van der Waals surface area contributed by atoms with Crippen molar-refractivity contribution in [1.29, 1.82) is 0 Å². The third-order valence-electron chi connectivity index (χ3n) is 7.93. The van der Waals surface area contributed by atoms with E-state index in [1.165, 1.54) is 43.1 Å². The number of nitrogens with zero attached hydrogens (tertiary/aromatic N) is 1. The molecule has 0 unspecified atom stereocenters.